The number of nitrogens with one attached hydrogen (secondary N) is 1. The maximum atomic E-state index is 10.1. The lowest BCUT2D eigenvalue weighted by Gasteiger charge is -2.57. The number of piperazine rings is 1. The molecule has 7 heterocycles. The molecule has 0 amide bonds. The highest BCUT2D eigenvalue weighted by molar-refractivity contribution is 5.85. The Morgan fingerprint density at radius 1 is 1.18 bits per heavy atom. The topological polar surface area (TPSA) is 126 Å². The number of nitrogens with zero attached hydrogens (tertiary/aromatic N) is 7. The third-order valence-corrected chi connectivity index (χ3v) is 7.59. The Morgan fingerprint density at radius 3 is 2.69 bits per heavy atom. The number of fused-ring (bicyclic) bond motifs is 3. The van der Waals surface area contributed by atoms with Crippen LogP contribution in [-0.2, 0) is 0 Å². The van der Waals surface area contributed by atoms with Gasteiger partial charge in [-0.3, -0.25) is 4.90 Å². The number of ether oxygens (including phenoxy) is 1. The minimum atomic E-state index is -0.982. The minimum absolute atomic E-state index is 0.0381. The molecule has 10 heteroatoms. The fourth-order valence-electron chi connectivity index (χ4n) is 5.65. The molecule has 3 aromatic heterocycles. The standard InChI is InChI=1S/C29H30N8O2/c1-29(2,38)18-39-24-9-25(28-21(11-31)13-34-37(28)16-24)20-5-6-27(33-12-20)35-14-22-8-23(15-35)36(22)17-26-19(10-30)4-3-7-32-26/h3-7,9,12-13,16,22-23,26,32,38H,8,14-15,17-18H2,1-2H3. The van der Waals surface area contributed by atoms with Crippen LogP contribution in [0.25, 0.3) is 16.6 Å². The average Bonchev–Trinajstić information content (AvgIpc) is 3.37. The number of pyridine rings is 2. The van der Waals surface area contributed by atoms with Crippen molar-refractivity contribution in [3.8, 4) is 29.0 Å². The minimum Gasteiger partial charge on any atom is -0.489 e. The molecule has 10 nitrogen and oxygen atoms in total. The van der Waals surface area contributed by atoms with E-state index in [1.807, 2.05) is 42.7 Å². The summed E-state index contributed by atoms with van der Waals surface area (Å²) in [6, 6.07) is 11.4. The predicted molar refractivity (Wildman–Crippen MR) is 146 cm³/mol. The summed E-state index contributed by atoms with van der Waals surface area (Å²) in [6.45, 7) is 6.10. The lowest BCUT2D eigenvalue weighted by Crippen LogP contribution is -2.70. The molecule has 4 aliphatic heterocycles. The van der Waals surface area contributed by atoms with Crippen molar-refractivity contribution in [2.45, 2.75) is 44.0 Å². The average molecular weight is 523 g/mol. The highest BCUT2D eigenvalue weighted by atomic mass is 16.5. The van der Waals surface area contributed by atoms with Gasteiger partial charge in [-0.1, -0.05) is 0 Å². The van der Waals surface area contributed by atoms with Crippen LogP contribution in [0.3, 0.4) is 0 Å². The molecule has 0 spiro atoms. The summed E-state index contributed by atoms with van der Waals surface area (Å²) in [4.78, 5) is 9.63. The van der Waals surface area contributed by atoms with Gasteiger partial charge in [-0.15, -0.1) is 0 Å². The number of aromatic nitrogens is 3. The van der Waals surface area contributed by atoms with Gasteiger partial charge in [-0.2, -0.15) is 15.6 Å². The molecule has 198 valence electrons. The van der Waals surface area contributed by atoms with Crippen molar-refractivity contribution < 1.29 is 9.84 Å². The summed E-state index contributed by atoms with van der Waals surface area (Å²) in [6.07, 6.45) is 11.9. The Balaban J connectivity index is 1.19. The number of rotatable bonds is 7. The van der Waals surface area contributed by atoms with Crippen LogP contribution < -0.4 is 15.0 Å². The van der Waals surface area contributed by atoms with Gasteiger partial charge in [0.15, 0.2) is 0 Å². The van der Waals surface area contributed by atoms with Crippen LogP contribution in [0.2, 0.25) is 0 Å². The first kappa shape index (κ1) is 24.9. The molecule has 3 atom stereocenters. The van der Waals surface area contributed by atoms with Crippen LogP contribution in [-0.4, -0.2) is 74.6 Å². The largest absolute Gasteiger partial charge is 0.489 e. The number of hydrogen-bond acceptors (Lipinski definition) is 9. The van der Waals surface area contributed by atoms with E-state index in [4.69, 9.17) is 9.72 Å². The second kappa shape index (κ2) is 9.73. The highest BCUT2D eigenvalue weighted by Gasteiger charge is 2.45. The molecule has 39 heavy (non-hydrogen) atoms. The first-order valence-corrected chi connectivity index (χ1v) is 13.1. The third kappa shape index (κ3) is 4.81. The smallest absolute Gasteiger partial charge is 0.138 e. The number of allylic oxidation sites excluding steroid dienone is 2. The van der Waals surface area contributed by atoms with Gasteiger partial charge in [-0.05, 0) is 56.8 Å². The van der Waals surface area contributed by atoms with Crippen LogP contribution in [0, 0.1) is 22.7 Å². The Hall–Kier alpha value is -4.38. The molecule has 3 aromatic rings. The zero-order valence-corrected chi connectivity index (χ0v) is 21.9. The van der Waals surface area contributed by atoms with Gasteiger partial charge >= 0.3 is 0 Å². The van der Waals surface area contributed by atoms with E-state index in [0.717, 1.165) is 48.6 Å². The number of hydrogen-bond donors (Lipinski definition) is 2. The lowest BCUT2D eigenvalue weighted by atomic mass is 9.86. The Morgan fingerprint density at radius 2 is 2.00 bits per heavy atom. The van der Waals surface area contributed by atoms with Gasteiger partial charge in [0.1, 0.15) is 24.2 Å². The normalized spacial score (nSPS) is 22.4. The molecule has 2 N–H and O–H groups in total. The van der Waals surface area contributed by atoms with E-state index in [-0.39, 0.29) is 12.6 Å². The molecule has 3 unspecified atom stereocenters. The van der Waals surface area contributed by atoms with Crippen molar-refractivity contribution in [2.75, 3.05) is 31.1 Å². The second-order valence-corrected chi connectivity index (χ2v) is 11.0. The van der Waals surface area contributed by atoms with Gasteiger partial charge in [0.25, 0.3) is 0 Å². The van der Waals surface area contributed by atoms with Crippen LogP contribution in [0.4, 0.5) is 5.82 Å². The van der Waals surface area contributed by atoms with Crippen molar-refractivity contribution >= 4 is 11.3 Å². The summed E-state index contributed by atoms with van der Waals surface area (Å²) < 4.78 is 7.48. The number of anilines is 1. The van der Waals surface area contributed by atoms with Crippen molar-refractivity contribution in [3.63, 3.8) is 0 Å². The summed E-state index contributed by atoms with van der Waals surface area (Å²) in [5.74, 6) is 1.47. The highest BCUT2D eigenvalue weighted by Crippen LogP contribution is 2.36. The number of piperidine rings is 1. The van der Waals surface area contributed by atoms with Gasteiger partial charge in [0.2, 0.25) is 0 Å². The van der Waals surface area contributed by atoms with Gasteiger partial charge in [-0.25, -0.2) is 9.50 Å². The van der Waals surface area contributed by atoms with Crippen LogP contribution >= 0.6 is 0 Å². The second-order valence-electron chi connectivity index (χ2n) is 11.0. The summed E-state index contributed by atoms with van der Waals surface area (Å²) in [5, 5.41) is 36.8. The molecule has 2 bridgehead atoms. The molecule has 4 aliphatic rings. The van der Waals surface area contributed by atoms with E-state index in [1.54, 1.807) is 30.8 Å². The van der Waals surface area contributed by atoms with Crippen molar-refractivity contribution in [2.24, 2.45) is 0 Å². The fourth-order valence-corrected chi connectivity index (χ4v) is 5.65. The van der Waals surface area contributed by atoms with Crippen LogP contribution in [0.5, 0.6) is 5.75 Å². The number of nitriles is 2. The zero-order valence-electron chi connectivity index (χ0n) is 21.9. The molecular formula is C29H30N8O2. The van der Waals surface area contributed by atoms with Gasteiger partial charge in [0, 0.05) is 49.0 Å². The Kier molecular flexibility index (Phi) is 6.22. The molecule has 0 aromatic carbocycles. The molecule has 0 radical (unpaired) electrons. The molecule has 0 aliphatic carbocycles. The molecule has 3 fully saturated rings. The lowest BCUT2D eigenvalue weighted by molar-refractivity contribution is -0.00457. The molecule has 7 rings (SSSR count). The number of dihydropyridines is 1. The van der Waals surface area contributed by atoms with Gasteiger partial charge in [0.05, 0.1) is 46.8 Å². The first-order chi connectivity index (χ1) is 18.8. The van der Waals surface area contributed by atoms with E-state index < -0.39 is 5.60 Å². The summed E-state index contributed by atoms with van der Waals surface area (Å²) >= 11 is 0. The maximum Gasteiger partial charge on any atom is 0.138 e. The first-order valence-electron chi connectivity index (χ1n) is 13.1. The van der Waals surface area contributed by atoms with Crippen LogP contribution in [0.1, 0.15) is 25.8 Å². The van der Waals surface area contributed by atoms with Crippen LogP contribution in [0.15, 0.2) is 60.7 Å². The van der Waals surface area contributed by atoms with E-state index in [1.165, 1.54) is 0 Å². The monoisotopic (exact) mass is 522 g/mol. The summed E-state index contributed by atoms with van der Waals surface area (Å²) in [5.41, 5.74) is 2.60. The quantitative estimate of drug-likeness (QED) is 0.482. The molecular weight excluding hydrogens is 492 g/mol. The summed E-state index contributed by atoms with van der Waals surface area (Å²) in [7, 11) is 0. The fraction of sp³-hybridized carbons (Fsp3) is 0.379. The molecule has 3 saturated heterocycles. The number of aliphatic hydroxyl groups is 1. The van der Waals surface area contributed by atoms with Gasteiger partial charge < -0.3 is 20.1 Å². The maximum absolute atomic E-state index is 10.1. The molecule has 0 saturated carbocycles. The SMILES string of the molecule is CC(C)(O)COc1cc(-c2ccc(N3CC4CC(C3)N4CC3NC=CC=C3C#N)nc2)c2c(C#N)cnn2c1. The van der Waals surface area contributed by atoms with E-state index in [2.05, 4.69) is 32.4 Å². The van der Waals surface area contributed by atoms with E-state index in [9.17, 15) is 15.6 Å². The Labute approximate surface area is 227 Å². The third-order valence-electron chi connectivity index (χ3n) is 7.59. The Bertz CT molecular complexity index is 1520. The van der Waals surface area contributed by atoms with Crippen molar-refractivity contribution in [3.05, 3.63) is 66.3 Å². The van der Waals surface area contributed by atoms with Crippen molar-refractivity contribution in [1.29, 1.82) is 10.5 Å². The van der Waals surface area contributed by atoms with E-state index in [0.29, 0.717) is 28.9 Å². The van der Waals surface area contributed by atoms with E-state index >= 15 is 0 Å². The predicted octanol–water partition coefficient (Wildman–Crippen LogP) is 2.62. The van der Waals surface area contributed by atoms with Crippen molar-refractivity contribution in [1.82, 2.24) is 24.8 Å². The zero-order chi connectivity index (χ0) is 27.1.